The van der Waals surface area contributed by atoms with Gasteiger partial charge in [0.1, 0.15) is 0 Å². The summed E-state index contributed by atoms with van der Waals surface area (Å²) < 4.78 is 0. The van der Waals surface area contributed by atoms with Crippen molar-refractivity contribution in [2.45, 2.75) is 110 Å². The normalized spacial score (nSPS) is 13.1. The molecule has 1 atom stereocenters. The summed E-state index contributed by atoms with van der Waals surface area (Å²) in [6.45, 7) is 6.90. The summed E-state index contributed by atoms with van der Waals surface area (Å²) in [5.41, 5.74) is 6.12. The van der Waals surface area contributed by atoms with Crippen LogP contribution >= 0.6 is 0 Å². The molecule has 0 aromatic rings. The lowest BCUT2D eigenvalue weighted by Gasteiger charge is -2.10. The van der Waals surface area contributed by atoms with Crippen LogP contribution in [-0.2, 0) is 0 Å². The van der Waals surface area contributed by atoms with Gasteiger partial charge in [0.15, 0.2) is 0 Å². The highest BCUT2D eigenvalue weighted by Crippen LogP contribution is 2.14. The second-order valence-corrected chi connectivity index (χ2v) is 6.70. The molecule has 0 saturated heterocycles. The molecule has 0 aromatic heterocycles. The average molecular weight is 270 g/mol. The van der Waals surface area contributed by atoms with E-state index in [2.05, 4.69) is 20.8 Å². The van der Waals surface area contributed by atoms with E-state index in [1.165, 1.54) is 83.5 Å². The van der Waals surface area contributed by atoms with Crippen LogP contribution in [0, 0.1) is 5.92 Å². The Morgan fingerprint density at radius 2 is 1.05 bits per heavy atom. The van der Waals surface area contributed by atoms with E-state index in [0.717, 1.165) is 5.92 Å². The molecule has 0 amide bonds. The van der Waals surface area contributed by atoms with E-state index in [0.29, 0.717) is 6.04 Å². The molecular formula is C18H39N. The van der Waals surface area contributed by atoms with Gasteiger partial charge in [-0.05, 0) is 18.8 Å². The molecule has 19 heavy (non-hydrogen) atoms. The van der Waals surface area contributed by atoms with Crippen molar-refractivity contribution in [1.29, 1.82) is 0 Å². The summed E-state index contributed by atoms with van der Waals surface area (Å²) in [5.74, 6) is 0.884. The predicted octanol–water partition coefficient (Wildman–Crippen LogP) is 6.06. The van der Waals surface area contributed by atoms with Crippen LogP contribution in [0.25, 0.3) is 0 Å². The molecule has 1 heteroatoms. The Labute approximate surface area is 122 Å². The Morgan fingerprint density at radius 3 is 1.53 bits per heavy atom. The van der Waals surface area contributed by atoms with E-state index in [1.807, 2.05) is 0 Å². The van der Waals surface area contributed by atoms with Crippen LogP contribution in [0.2, 0.25) is 0 Å². The molecule has 0 rings (SSSR count). The first-order chi connectivity index (χ1) is 9.16. The zero-order chi connectivity index (χ0) is 14.3. The minimum absolute atomic E-state index is 0.470. The molecule has 0 aliphatic heterocycles. The molecule has 0 aliphatic carbocycles. The predicted molar refractivity (Wildman–Crippen MR) is 88.5 cm³/mol. The maximum absolute atomic E-state index is 6.12. The molecule has 2 N–H and O–H groups in total. The van der Waals surface area contributed by atoms with Crippen molar-refractivity contribution < 1.29 is 0 Å². The topological polar surface area (TPSA) is 26.0 Å². The first kappa shape index (κ1) is 19.0. The lowest BCUT2D eigenvalue weighted by atomic mass is 10.0. The largest absolute Gasteiger partial charge is 0.328 e. The van der Waals surface area contributed by atoms with Crippen LogP contribution in [0.1, 0.15) is 104 Å². The second-order valence-electron chi connectivity index (χ2n) is 6.70. The van der Waals surface area contributed by atoms with Crippen LogP contribution in [-0.4, -0.2) is 6.04 Å². The van der Waals surface area contributed by atoms with Gasteiger partial charge in [-0.3, -0.25) is 0 Å². The monoisotopic (exact) mass is 269 g/mol. The molecule has 0 aromatic carbocycles. The zero-order valence-corrected chi connectivity index (χ0v) is 13.9. The molecule has 0 heterocycles. The lowest BCUT2D eigenvalue weighted by Crippen LogP contribution is -2.19. The average Bonchev–Trinajstić information content (AvgIpc) is 2.36. The van der Waals surface area contributed by atoms with Gasteiger partial charge in [-0.1, -0.05) is 91.4 Å². The zero-order valence-electron chi connectivity index (χ0n) is 13.9. The van der Waals surface area contributed by atoms with Crippen LogP contribution < -0.4 is 5.73 Å². The fraction of sp³-hybridized carbons (Fsp3) is 1.00. The van der Waals surface area contributed by atoms with Gasteiger partial charge in [0.25, 0.3) is 0 Å². The third-order valence-corrected chi connectivity index (χ3v) is 4.03. The van der Waals surface area contributed by atoms with Crippen molar-refractivity contribution in [2.75, 3.05) is 0 Å². The molecule has 0 saturated carbocycles. The molecule has 0 aliphatic rings. The molecular weight excluding hydrogens is 230 g/mol. The Bertz CT molecular complexity index is 165. The molecule has 0 spiro atoms. The first-order valence-electron chi connectivity index (χ1n) is 8.92. The SMILES string of the molecule is CCCCCC(N)CCCCCCCCCC(C)C. The summed E-state index contributed by atoms with van der Waals surface area (Å²) in [5, 5.41) is 0. The summed E-state index contributed by atoms with van der Waals surface area (Å²) in [6, 6.07) is 0.470. The van der Waals surface area contributed by atoms with Gasteiger partial charge >= 0.3 is 0 Å². The molecule has 1 nitrogen and oxygen atoms in total. The minimum atomic E-state index is 0.470. The highest BCUT2D eigenvalue weighted by Gasteiger charge is 2.01. The van der Waals surface area contributed by atoms with E-state index in [9.17, 15) is 0 Å². The summed E-state index contributed by atoms with van der Waals surface area (Å²) >= 11 is 0. The Kier molecular flexibility index (Phi) is 14.3. The Balaban J connectivity index is 3.09. The quantitative estimate of drug-likeness (QED) is 0.381. The lowest BCUT2D eigenvalue weighted by molar-refractivity contribution is 0.482. The smallest absolute Gasteiger partial charge is 0.00388 e. The van der Waals surface area contributed by atoms with Gasteiger partial charge in [-0.15, -0.1) is 0 Å². The maximum atomic E-state index is 6.12. The molecule has 1 unspecified atom stereocenters. The van der Waals surface area contributed by atoms with Gasteiger partial charge in [0.05, 0.1) is 0 Å². The van der Waals surface area contributed by atoms with Crippen LogP contribution in [0.4, 0.5) is 0 Å². The fourth-order valence-electron chi connectivity index (χ4n) is 2.64. The Morgan fingerprint density at radius 1 is 0.632 bits per heavy atom. The van der Waals surface area contributed by atoms with Gasteiger partial charge in [-0.2, -0.15) is 0 Å². The summed E-state index contributed by atoms with van der Waals surface area (Å²) in [7, 11) is 0. The van der Waals surface area contributed by atoms with Gasteiger partial charge in [-0.25, -0.2) is 0 Å². The third-order valence-electron chi connectivity index (χ3n) is 4.03. The van der Waals surface area contributed by atoms with Crippen LogP contribution in [0.5, 0.6) is 0 Å². The van der Waals surface area contributed by atoms with Crippen molar-refractivity contribution >= 4 is 0 Å². The van der Waals surface area contributed by atoms with Crippen molar-refractivity contribution in [3.63, 3.8) is 0 Å². The number of nitrogens with two attached hydrogens (primary N) is 1. The first-order valence-corrected chi connectivity index (χ1v) is 8.92. The van der Waals surface area contributed by atoms with Gasteiger partial charge in [0, 0.05) is 6.04 Å². The fourth-order valence-corrected chi connectivity index (χ4v) is 2.64. The maximum Gasteiger partial charge on any atom is 0.00388 e. The molecule has 116 valence electrons. The van der Waals surface area contributed by atoms with Crippen molar-refractivity contribution in [1.82, 2.24) is 0 Å². The molecule has 0 bridgehead atoms. The van der Waals surface area contributed by atoms with E-state index >= 15 is 0 Å². The summed E-state index contributed by atoms with van der Waals surface area (Å²) in [6.07, 6.45) is 17.8. The van der Waals surface area contributed by atoms with Crippen molar-refractivity contribution in [3.8, 4) is 0 Å². The second kappa shape index (κ2) is 14.4. The van der Waals surface area contributed by atoms with E-state index < -0.39 is 0 Å². The standard InChI is InChI=1S/C18H39N/c1-4-5-11-15-18(19)16-13-10-8-6-7-9-12-14-17(2)3/h17-18H,4-16,19H2,1-3H3. The minimum Gasteiger partial charge on any atom is -0.328 e. The Hall–Kier alpha value is -0.0400. The van der Waals surface area contributed by atoms with Crippen molar-refractivity contribution in [3.05, 3.63) is 0 Å². The van der Waals surface area contributed by atoms with Crippen LogP contribution in [0.15, 0.2) is 0 Å². The number of unbranched alkanes of at least 4 members (excludes halogenated alkanes) is 8. The number of hydrogen-bond acceptors (Lipinski definition) is 1. The van der Waals surface area contributed by atoms with E-state index in [4.69, 9.17) is 5.73 Å². The van der Waals surface area contributed by atoms with E-state index in [1.54, 1.807) is 0 Å². The van der Waals surface area contributed by atoms with Crippen molar-refractivity contribution in [2.24, 2.45) is 11.7 Å². The molecule has 0 radical (unpaired) electrons. The van der Waals surface area contributed by atoms with Crippen LogP contribution in [0.3, 0.4) is 0 Å². The number of rotatable bonds is 14. The molecule has 0 fully saturated rings. The van der Waals surface area contributed by atoms with Gasteiger partial charge in [0.2, 0.25) is 0 Å². The highest BCUT2D eigenvalue weighted by atomic mass is 14.6. The third kappa shape index (κ3) is 15.9. The number of hydrogen-bond donors (Lipinski definition) is 1. The highest BCUT2D eigenvalue weighted by molar-refractivity contribution is 4.61. The van der Waals surface area contributed by atoms with E-state index in [-0.39, 0.29) is 0 Å². The van der Waals surface area contributed by atoms with Gasteiger partial charge < -0.3 is 5.73 Å². The summed E-state index contributed by atoms with van der Waals surface area (Å²) in [4.78, 5) is 0.